The van der Waals surface area contributed by atoms with Crippen LogP contribution in [-0.2, 0) is 17.8 Å². The van der Waals surface area contributed by atoms with E-state index in [2.05, 4.69) is 38.9 Å². The van der Waals surface area contributed by atoms with Crippen LogP contribution in [0.2, 0.25) is 5.02 Å². The van der Waals surface area contributed by atoms with Gasteiger partial charge < -0.3 is 19.4 Å². The van der Waals surface area contributed by atoms with Crippen LogP contribution in [0.25, 0.3) is 22.6 Å². The van der Waals surface area contributed by atoms with Crippen molar-refractivity contribution >= 4 is 28.7 Å². The van der Waals surface area contributed by atoms with E-state index in [1.165, 1.54) is 11.9 Å². The van der Waals surface area contributed by atoms with Gasteiger partial charge >= 0.3 is 0 Å². The lowest BCUT2D eigenvalue weighted by Crippen LogP contribution is -2.24. The minimum absolute atomic E-state index is 0.0865. The number of hydrogen-bond acceptors (Lipinski definition) is 6. The smallest absolute Gasteiger partial charge is 0.257 e. The second kappa shape index (κ2) is 9.54. The molecule has 1 aliphatic carbocycles. The van der Waals surface area contributed by atoms with Crippen molar-refractivity contribution in [3.05, 3.63) is 65.4 Å². The third-order valence-corrected chi connectivity index (χ3v) is 6.41. The summed E-state index contributed by atoms with van der Waals surface area (Å²) in [6.07, 6.45) is 4.29. The molecule has 0 radical (unpaired) electrons. The first-order valence-corrected chi connectivity index (χ1v) is 11.9. The Hall–Kier alpha value is -3.65. The van der Waals surface area contributed by atoms with Crippen molar-refractivity contribution < 1.29 is 14.3 Å². The standard InChI is InChI=1S/C26H26ClN5O3/c1-26(11-12-26)35-25-22-24(29-16-30-25)32(13-10-17-6-4-3-5-7-17)23(31-22)19-9-8-18(14-20(19)27)34-15-21(33)28-2/h3-9,14,16H,10-13,15H2,1-2H3,(H,28,33). The first-order valence-electron chi connectivity index (χ1n) is 11.5. The minimum atomic E-state index is -0.219. The highest BCUT2D eigenvalue weighted by molar-refractivity contribution is 6.33. The van der Waals surface area contributed by atoms with Gasteiger partial charge in [-0.2, -0.15) is 4.98 Å². The van der Waals surface area contributed by atoms with E-state index >= 15 is 0 Å². The van der Waals surface area contributed by atoms with Gasteiger partial charge in [-0.15, -0.1) is 0 Å². The summed E-state index contributed by atoms with van der Waals surface area (Å²) in [6, 6.07) is 15.6. The molecule has 0 unspecified atom stereocenters. The molecule has 1 saturated carbocycles. The van der Waals surface area contributed by atoms with Crippen molar-refractivity contribution in [1.82, 2.24) is 24.8 Å². The zero-order valence-electron chi connectivity index (χ0n) is 19.6. The summed E-state index contributed by atoms with van der Waals surface area (Å²) in [6.45, 7) is 2.63. The molecule has 2 heterocycles. The van der Waals surface area contributed by atoms with Gasteiger partial charge in [-0.3, -0.25) is 4.79 Å². The van der Waals surface area contributed by atoms with Gasteiger partial charge in [0.25, 0.3) is 5.91 Å². The molecule has 5 rings (SSSR count). The van der Waals surface area contributed by atoms with Crippen LogP contribution in [0, 0.1) is 0 Å². The van der Waals surface area contributed by atoms with Gasteiger partial charge in [0.2, 0.25) is 5.88 Å². The molecule has 4 aromatic rings. The van der Waals surface area contributed by atoms with Crippen LogP contribution < -0.4 is 14.8 Å². The number of halogens is 1. The molecule has 0 saturated heterocycles. The van der Waals surface area contributed by atoms with Gasteiger partial charge in [0, 0.05) is 19.2 Å². The summed E-state index contributed by atoms with van der Waals surface area (Å²) in [7, 11) is 1.56. The maximum atomic E-state index is 11.5. The fourth-order valence-corrected chi connectivity index (χ4v) is 4.05. The quantitative estimate of drug-likeness (QED) is 0.372. The second-order valence-electron chi connectivity index (χ2n) is 8.83. The number of ether oxygens (including phenoxy) is 2. The Morgan fingerprint density at radius 3 is 2.69 bits per heavy atom. The van der Waals surface area contributed by atoms with Gasteiger partial charge in [0.1, 0.15) is 23.5 Å². The molecule has 1 fully saturated rings. The fourth-order valence-electron chi connectivity index (χ4n) is 3.79. The van der Waals surface area contributed by atoms with E-state index in [0.29, 0.717) is 40.2 Å². The average molecular weight is 492 g/mol. The third kappa shape index (κ3) is 5.07. The zero-order chi connectivity index (χ0) is 24.4. The van der Waals surface area contributed by atoms with E-state index in [1.54, 1.807) is 19.2 Å². The molecule has 2 aromatic heterocycles. The summed E-state index contributed by atoms with van der Waals surface area (Å²) >= 11 is 6.68. The summed E-state index contributed by atoms with van der Waals surface area (Å²) in [5, 5.41) is 2.99. The fraction of sp³-hybridized carbons (Fsp3) is 0.308. The Bertz CT molecular complexity index is 1370. The van der Waals surface area contributed by atoms with Crippen LogP contribution in [0.4, 0.5) is 0 Å². The molecule has 0 aliphatic heterocycles. The summed E-state index contributed by atoms with van der Waals surface area (Å²) in [5.41, 5.74) is 3.05. The first kappa shape index (κ1) is 23.1. The second-order valence-corrected chi connectivity index (χ2v) is 9.24. The monoisotopic (exact) mass is 491 g/mol. The molecule has 0 bridgehead atoms. The molecule has 2 aromatic carbocycles. The number of hydrogen-bond donors (Lipinski definition) is 1. The van der Waals surface area contributed by atoms with Crippen molar-refractivity contribution in [3.8, 4) is 23.0 Å². The number of fused-ring (bicyclic) bond motifs is 1. The number of amides is 1. The van der Waals surface area contributed by atoms with Crippen molar-refractivity contribution in [2.24, 2.45) is 0 Å². The number of carbonyl (C=O) groups excluding carboxylic acids is 1. The van der Waals surface area contributed by atoms with Crippen LogP contribution in [-0.4, -0.2) is 44.7 Å². The Morgan fingerprint density at radius 1 is 1.17 bits per heavy atom. The molecule has 1 N–H and O–H groups in total. The Labute approximate surface area is 208 Å². The Balaban J connectivity index is 1.54. The summed E-state index contributed by atoms with van der Waals surface area (Å²) in [4.78, 5) is 25.4. The number of nitrogens with one attached hydrogen (secondary N) is 1. The molecule has 1 aliphatic rings. The molecule has 1 amide bonds. The molecule has 35 heavy (non-hydrogen) atoms. The highest BCUT2D eigenvalue weighted by Gasteiger charge is 2.41. The van der Waals surface area contributed by atoms with Gasteiger partial charge in [0.15, 0.2) is 17.8 Å². The number of likely N-dealkylation sites (N-methyl/N-ethyl adjacent to an activating group) is 1. The number of aromatic nitrogens is 4. The number of benzene rings is 2. The third-order valence-electron chi connectivity index (χ3n) is 6.09. The van der Waals surface area contributed by atoms with Crippen LogP contribution in [0.15, 0.2) is 54.9 Å². The van der Waals surface area contributed by atoms with Crippen molar-refractivity contribution in [1.29, 1.82) is 0 Å². The SMILES string of the molecule is CNC(=O)COc1ccc(-c2nc3c(OC4(C)CC4)ncnc3n2CCc2ccccc2)c(Cl)c1. The van der Waals surface area contributed by atoms with Crippen LogP contribution >= 0.6 is 11.6 Å². The number of carbonyl (C=O) groups is 1. The Morgan fingerprint density at radius 2 is 1.97 bits per heavy atom. The van der Waals surface area contributed by atoms with Gasteiger partial charge in [-0.1, -0.05) is 41.9 Å². The molecule has 180 valence electrons. The predicted octanol–water partition coefficient (Wildman–Crippen LogP) is 4.45. The topological polar surface area (TPSA) is 91.2 Å². The lowest BCUT2D eigenvalue weighted by molar-refractivity contribution is -0.122. The molecule has 8 nitrogen and oxygen atoms in total. The van der Waals surface area contributed by atoms with E-state index in [4.69, 9.17) is 26.1 Å². The van der Waals surface area contributed by atoms with E-state index in [0.717, 1.165) is 24.8 Å². The van der Waals surface area contributed by atoms with Gasteiger partial charge in [-0.25, -0.2) is 9.97 Å². The molecular formula is C26H26ClN5O3. The maximum absolute atomic E-state index is 11.5. The minimum Gasteiger partial charge on any atom is -0.484 e. The van der Waals surface area contributed by atoms with Crippen LogP contribution in [0.3, 0.4) is 0 Å². The van der Waals surface area contributed by atoms with E-state index in [-0.39, 0.29) is 18.1 Å². The van der Waals surface area contributed by atoms with Crippen molar-refractivity contribution in [2.75, 3.05) is 13.7 Å². The largest absolute Gasteiger partial charge is 0.484 e. The lowest BCUT2D eigenvalue weighted by Gasteiger charge is -2.12. The summed E-state index contributed by atoms with van der Waals surface area (Å²) < 4.78 is 13.8. The summed E-state index contributed by atoms with van der Waals surface area (Å²) in [5.74, 6) is 1.43. The zero-order valence-corrected chi connectivity index (χ0v) is 20.4. The average Bonchev–Trinajstić information content (AvgIpc) is 3.48. The van der Waals surface area contributed by atoms with E-state index in [1.807, 2.05) is 24.3 Å². The lowest BCUT2D eigenvalue weighted by atomic mass is 10.1. The van der Waals surface area contributed by atoms with Gasteiger partial charge in [0.05, 0.1) is 5.02 Å². The molecular weight excluding hydrogens is 466 g/mol. The highest BCUT2D eigenvalue weighted by Crippen LogP contribution is 2.41. The normalized spacial score (nSPS) is 14.0. The van der Waals surface area contributed by atoms with Gasteiger partial charge in [-0.05, 0) is 49.9 Å². The Kier molecular flexibility index (Phi) is 6.30. The number of nitrogens with zero attached hydrogens (tertiary/aromatic N) is 4. The maximum Gasteiger partial charge on any atom is 0.257 e. The van der Waals surface area contributed by atoms with Crippen LogP contribution in [0.5, 0.6) is 11.6 Å². The van der Waals surface area contributed by atoms with Crippen molar-refractivity contribution in [3.63, 3.8) is 0 Å². The molecule has 0 atom stereocenters. The van der Waals surface area contributed by atoms with E-state index in [9.17, 15) is 4.79 Å². The first-order chi connectivity index (χ1) is 17.0. The number of imidazole rings is 1. The predicted molar refractivity (Wildman–Crippen MR) is 134 cm³/mol. The molecule has 0 spiro atoms. The van der Waals surface area contributed by atoms with Crippen LogP contribution in [0.1, 0.15) is 25.3 Å². The van der Waals surface area contributed by atoms with Crippen molar-refractivity contribution in [2.45, 2.75) is 38.3 Å². The van der Waals surface area contributed by atoms with E-state index < -0.39 is 0 Å². The number of aryl methyl sites for hydroxylation is 2. The molecule has 9 heteroatoms. The highest BCUT2D eigenvalue weighted by atomic mass is 35.5. The number of rotatable bonds is 9.